The summed E-state index contributed by atoms with van der Waals surface area (Å²) < 4.78 is 36.5. The van der Waals surface area contributed by atoms with Gasteiger partial charge in [0.1, 0.15) is 6.54 Å². The minimum atomic E-state index is -4.34. The van der Waals surface area contributed by atoms with Crippen molar-refractivity contribution >= 4 is 5.91 Å². The number of nitrogens with one attached hydrogen (secondary N) is 1. The average Bonchev–Trinajstić information content (AvgIpc) is 2.63. The van der Waals surface area contributed by atoms with E-state index in [4.69, 9.17) is 0 Å². The highest BCUT2D eigenvalue weighted by molar-refractivity contribution is 5.86. The standard InChI is InChI=1S/C10H17F3N2O/c1-3-9(5-4-6-14-9)8(16)15(2)7-10(11,12)13/h14H,3-7H2,1-2H3. The Bertz CT molecular complexity index is 259. The van der Waals surface area contributed by atoms with Gasteiger partial charge in [0.25, 0.3) is 0 Å². The van der Waals surface area contributed by atoms with Crippen molar-refractivity contribution in [1.82, 2.24) is 10.2 Å². The van der Waals surface area contributed by atoms with Crippen molar-refractivity contribution in [3.8, 4) is 0 Å². The molecule has 6 heteroatoms. The molecule has 1 amide bonds. The zero-order valence-electron chi connectivity index (χ0n) is 9.52. The van der Waals surface area contributed by atoms with E-state index in [1.807, 2.05) is 6.92 Å². The fourth-order valence-corrected chi connectivity index (χ4v) is 2.15. The van der Waals surface area contributed by atoms with Gasteiger partial charge in [0.15, 0.2) is 0 Å². The zero-order chi connectivity index (χ0) is 12.4. The Morgan fingerprint density at radius 1 is 1.50 bits per heavy atom. The van der Waals surface area contributed by atoms with E-state index >= 15 is 0 Å². The van der Waals surface area contributed by atoms with Crippen LogP contribution in [0.3, 0.4) is 0 Å². The summed E-state index contributed by atoms with van der Waals surface area (Å²) in [4.78, 5) is 12.7. The van der Waals surface area contributed by atoms with Crippen molar-refractivity contribution < 1.29 is 18.0 Å². The Morgan fingerprint density at radius 3 is 2.50 bits per heavy atom. The molecule has 0 aliphatic carbocycles. The third-order valence-electron chi connectivity index (χ3n) is 3.02. The topological polar surface area (TPSA) is 32.3 Å². The SMILES string of the molecule is CCC1(C(=O)N(C)CC(F)(F)F)CCCN1. The molecule has 0 radical (unpaired) electrons. The summed E-state index contributed by atoms with van der Waals surface area (Å²) in [7, 11) is 1.20. The number of rotatable bonds is 3. The third kappa shape index (κ3) is 2.87. The molecule has 1 aliphatic rings. The summed E-state index contributed by atoms with van der Waals surface area (Å²) >= 11 is 0. The molecular weight excluding hydrogens is 221 g/mol. The quantitative estimate of drug-likeness (QED) is 0.809. The molecule has 0 bridgehead atoms. The van der Waals surface area contributed by atoms with E-state index < -0.39 is 24.2 Å². The summed E-state index contributed by atoms with van der Waals surface area (Å²) in [6.07, 6.45) is -2.37. The van der Waals surface area contributed by atoms with Crippen molar-refractivity contribution in [3.63, 3.8) is 0 Å². The zero-order valence-corrected chi connectivity index (χ0v) is 9.52. The number of amides is 1. The molecular formula is C10H17F3N2O. The van der Waals surface area contributed by atoms with E-state index in [1.165, 1.54) is 7.05 Å². The average molecular weight is 238 g/mol. The molecule has 1 saturated heterocycles. The van der Waals surface area contributed by atoms with E-state index in [1.54, 1.807) is 0 Å². The number of carbonyl (C=O) groups excluding carboxylic acids is 1. The van der Waals surface area contributed by atoms with Crippen molar-refractivity contribution in [1.29, 1.82) is 0 Å². The Labute approximate surface area is 93.0 Å². The van der Waals surface area contributed by atoms with E-state index in [9.17, 15) is 18.0 Å². The van der Waals surface area contributed by atoms with Crippen molar-refractivity contribution in [2.24, 2.45) is 0 Å². The van der Waals surface area contributed by atoms with Crippen LogP contribution in [-0.2, 0) is 4.79 Å². The predicted molar refractivity (Wildman–Crippen MR) is 54.0 cm³/mol. The lowest BCUT2D eigenvalue weighted by Gasteiger charge is -2.32. The number of nitrogens with zero attached hydrogens (tertiary/aromatic N) is 1. The smallest absolute Gasteiger partial charge is 0.335 e. The van der Waals surface area contributed by atoms with Crippen LogP contribution in [0.5, 0.6) is 0 Å². The third-order valence-corrected chi connectivity index (χ3v) is 3.02. The monoisotopic (exact) mass is 238 g/mol. The largest absolute Gasteiger partial charge is 0.406 e. The van der Waals surface area contributed by atoms with Gasteiger partial charge in [-0.05, 0) is 25.8 Å². The number of hydrogen-bond donors (Lipinski definition) is 1. The van der Waals surface area contributed by atoms with Crippen LogP contribution >= 0.6 is 0 Å². The van der Waals surface area contributed by atoms with Crippen LogP contribution in [0, 0.1) is 0 Å². The van der Waals surface area contributed by atoms with Gasteiger partial charge in [-0.2, -0.15) is 13.2 Å². The van der Waals surface area contributed by atoms with Crippen molar-refractivity contribution in [3.05, 3.63) is 0 Å². The normalized spacial score (nSPS) is 25.8. The molecule has 94 valence electrons. The molecule has 16 heavy (non-hydrogen) atoms. The highest BCUT2D eigenvalue weighted by atomic mass is 19.4. The van der Waals surface area contributed by atoms with Gasteiger partial charge in [-0.1, -0.05) is 6.92 Å². The van der Waals surface area contributed by atoms with Crippen LogP contribution in [0.25, 0.3) is 0 Å². The molecule has 0 aromatic carbocycles. The maximum Gasteiger partial charge on any atom is 0.406 e. The van der Waals surface area contributed by atoms with Gasteiger partial charge in [-0.15, -0.1) is 0 Å². The molecule has 0 aromatic heterocycles. The second-order valence-electron chi connectivity index (χ2n) is 4.24. The molecule has 1 N–H and O–H groups in total. The number of carbonyl (C=O) groups is 1. The van der Waals surface area contributed by atoms with Crippen LogP contribution in [0.2, 0.25) is 0 Å². The fraction of sp³-hybridized carbons (Fsp3) is 0.900. The number of alkyl halides is 3. The van der Waals surface area contributed by atoms with E-state index in [0.717, 1.165) is 11.3 Å². The first-order valence-corrected chi connectivity index (χ1v) is 5.38. The second kappa shape index (κ2) is 4.61. The Kier molecular flexibility index (Phi) is 3.83. The van der Waals surface area contributed by atoms with Crippen LogP contribution < -0.4 is 5.32 Å². The van der Waals surface area contributed by atoms with Crippen LogP contribution in [0.1, 0.15) is 26.2 Å². The minimum absolute atomic E-state index is 0.454. The predicted octanol–water partition coefficient (Wildman–Crippen LogP) is 1.54. The summed E-state index contributed by atoms with van der Waals surface area (Å²) in [5, 5.41) is 3.03. The van der Waals surface area contributed by atoms with Gasteiger partial charge in [0.05, 0.1) is 5.54 Å². The molecule has 0 spiro atoms. The molecule has 1 unspecified atom stereocenters. The van der Waals surface area contributed by atoms with Gasteiger partial charge >= 0.3 is 6.18 Å². The molecule has 0 saturated carbocycles. The number of halogens is 3. The van der Waals surface area contributed by atoms with Crippen molar-refractivity contribution in [2.75, 3.05) is 20.1 Å². The van der Waals surface area contributed by atoms with Crippen LogP contribution in [0.4, 0.5) is 13.2 Å². The first-order valence-electron chi connectivity index (χ1n) is 5.38. The lowest BCUT2D eigenvalue weighted by molar-refractivity contribution is -0.162. The summed E-state index contributed by atoms with van der Waals surface area (Å²) in [5.74, 6) is -0.454. The van der Waals surface area contributed by atoms with Gasteiger partial charge in [0, 0.05) is 7.05 Å². The van der Waals surface area contributed by atoms with Crippen LogP contribution in [-0.4, -0.2) is 42.7 Å². The molecule has 1 fully saturated rings. The number of likely N-dealkylation sites (N-methyl/N-ethyl adjacent to an activating group) is 1. The van der Waals surface area contributed by atoms with E-state index in [2.05, 4.69) is 5.32 Å². The maximum absolute atomic E-state index is 12.2. The minimum Gasteiger partial charge on any atom is -0.335 e. The van der Waals surface area contributed by atoms with Crippen LogP contribution in [0.15, 0.2) is 0 Å². The molecule has 3 nitrogen and oxygen atoms in total. The van der Waals surface area contributed by atoms with Gasteiger partial charge < -0.3 is 10.2 Å². The summed E-state index contributed by atoms with van der Waals surface area (Å²) in [6.45, 7) is 1.33. The Morgan fingerprint density at radius 2 is 2.12 bits per heavy atom. The molecule has 1 atom stereocenters. The fourth-order valence-electron chi connectivity index (χ4n) is 2.15. The highest BCUT2D eigenvalue weighted by Gasteiger charge is 2.43. The summed E-state index contributed by atoms with van der Waals surface area (Å²) in [5.41, 5.74) is -0.778. The maximum atomic E-state index is 12.2. The number of hydrogen-bond acceptors (Lipinski definition) is 2. The second-order valence-corrected chi connectivity index (χ2v) is 4.24. The lowest BCUT2D eigenvalue weighted by Crippen LogP contribution is -2.55. The first-order chi connectivity index (χ1) is 7.31. The molecule has 0 aromatic rings. The van der Waals surface area contributed by atoms with Crippen molar-refractivity contribution in [2.45, 2.75) is 37.9 Å². The van der Waals surface area contributed by atoms with Gasteiger partial charge in [0.2, 0.25) is 5.91 Å². The highest BCUT2D eigenvalue weighted by Crippen LogP contribution is 2.26. The van der Waals surface area contributed by atoms with Gasteiger partial charge in [-0.3, -0.25) is 4.79 Å². The molecule has 1 heterocycles. The van der Waals surface area contributed by atoms with E-state index in [-0.39, 0.29) is 0 Å². The Balaban J connectivity index is 2.68. The first kappa shape index (κ1) is 13.3. The molecule has 1 rings (SSSR count). The Hall–Kier alpha value is -0.780. The lowest BCUT2D eigenvalue weighted by atomic mass is 9.92. The van der Waals surface area contributed by atoms with Gasteiger partial charge in [-0.25, -0.2) is 0 Å². The molecule has 1 aliphatic heterocycles. The summed E-state index contributed by atoms with van der Waals surface area (Å²) in [6, 6.07) is 0. The van der Waals surface area contributed by atoms with E-state index in [0.29, 0.717) is 19.4 Å².